The number of rotatable bonds is 15. The first-order chi connectivity index (χ1) is 17.7. The van der Waals surface area contributed by atoms with Gasteiger partial charge in [0.1, 0.15) is 18.5 Å². The van der Waals surface area contributed by atoms with Gasteiger partial charge in [-0.05, 0) is 60.9 Å². The van der Waals surface area contributed by atoms with Crippen LogP contribution in [-0.4, -0.2) is 60.9 Å². The molecule has 0 bridgehead atoms. The summed E-state index contributed by atoms with van der Waals surface area (Å²) in [6, 6.07) is 10.9. The molecule has 0 N–H and O–H groups in total. The van der Waals surface area contributed by atoms with Gasteiger partial charge in [0, 0.05) is 5.92 Å². The average molecular weight is 569 g/mol. The maximum atomic E-state index is 12.2. The van der Waals surface area contributed by atoms with Gasteiger partial charge in [-0.1, -0.05) is 60.6 Å². The second-order valence-electron chi connectivity index (χ2n) is 12.4. The van der Waals surface area contributed by atoms with Crippen molar-refractivity contribution in [2.75, 3.05) is 20.3 Å². The third-order valence-electron chi connectivity index (χ3n) is 8.61. The summed E-state index contributed by atoms with van der Waals surface area (Å²) in [5.41, 5.74) is 0.130. The van der Waals surface area contributed by atoms with Crippen molar-refractivity contribution in [1.82, 2.24) is 0 Å². The van der Waals surface area contributed by atoms with Gasteiger partial charge in [-0.3, -0.25) is 0 Å². The molecule has 1 heterocycles. The van der Waals surface area contributed by atoms with E-state index in [1.54, 1.807) is 7.11 Å². The summed E-state index contributed by atoms with van der Waals surface area (Å²) in [5.74, 6) is 0.818. The summed E-state index contributed by atoms with van der Waals surface area (Å²) in [4.78, 5) is 12.2. The van der Waals surface area contributed by atoms with E-state index in [1.165, 1.54) is 0 Å². The maximum Gasteiger partial charge on any atom is 0.509 e. The number of carbonyl (C=O) groups excluding carboxylic acids is 1. The highest BCUT2D eigenvalue weighted by molar-refractivity contribution is 6.74. The van der Waals surface area contributed by atoms with Crippen LogP contribution in [-0.2, 0) is 29.7 Å². The molecule has 1 aliphatic rings. The number of methoxy groups -OCH3 is 1. The van der Waals surface area contributed by atoms with Crippen LogP contribution in [0.5, 0.6) is 5.75 Å². The summed E-state index contributed by atoms with van der Waals surface area (Å²) in [7, 11) is -2.67. The van der Waals surface area contributed by atoms with Crippen LogP contribution in [0.4, 0.5) is 4.79 Å². The number of hydrogen-bond acceptors (Lipinski definition) is 7. The summed E-state index contributed by atoms with van der Waals surface area (Å²) in [6.45, 7) is 23.0. The van der Waals surface area contributed by atoms with Crippen LogP contribution in [0.15, 0.2) is 24.3 Å². The standard InChI is InChI=1S/C29H52O7Si2/c1-12-38(13-2,14-3)35-25(22(4)19-32-20-23-15-17-24(31-9)18-16-23)26(29(8)21-33-27(30)34-29)36-37(10,11)28(5,6)7/h15-18,22,25-26H,12-14,19-21H2,1-11H3/t22-,25-,26+,29+/m1/s1. The first kappa shape index (κ1) is 32.8. The average Bonchev–Trinajstić information content (AvgIpc) is 3.23. The Morgan fingerprint density at radius 2 is 1.61 bits per heavy atom. The fourth-order valence-electron chi connectivity index (χ4n) is 4.57. The van der Waals surface area contributed by atoms with Crippen molar-refractivity contribution in [3.8, 4) is 5.75 Å². The lowest BCUT2D eigenvalue weighted by Gasteiger charge is -2.48. The zero-order chi connectivity index (χ0) is 28.8. The molecule has 0 unspecified atom stereocenters. The Morgan fingerprint density at radius 3 is 2.05 bits per heavy atom. The van der Waals surface area contributed by atoms with E-state index < -0.39 is 34.5 Å². The molecule has 1 fully saturated rings. The van der Waals surface area contributed by atoms with E-state index in [0.29, 0.717) is 13.2 Å². The quantitative estimate of drug-likeness (QED) is 0.160. The topological polar surface area (TPSA) is 72.5 Å². The third kappa shape index (κ3) is 8.07. The molecule has 0 spiro atoms. The van der Waals surface area contributed by atoms with Crippen LogP contribution < -0.4 is 4.74 Å². The minimum atomic E-state index is -2.28. The van der Waals surface area contributed by atoms with Gasteiger partial charge in [-0.2, -0.15) is 0 Å². The lowest BCUT2D eigenvalue weighted by Crippen LogP contribution is -2.61. The Hall–Kier alpha value is -1.40. The van der Waals surface area contributed by atoms with E-state index in [2.05, 4.69) is 61.6 Å². The second kappa shape index (κ2) is 13.3. The highest BCUT2D eigenvalue weighted by Crippen LogP contribution is 2.43. The van der Waals surface area contributed by atoms with Gasteiger partial charge in [0.2, 0.25) is 0 Å². The Labute approximate surface area is 233 Å². The highest BCUT2D eigenvalue weighted by atomic mass is 28.4. The molecule has 4 atom stereocenters. The van der Waals surface area contributed by atoms with E-state index in [0.717, 1.165) is 29.4 Å². The maximum absolute atomic E-state index is 12.2. The van der Waals surface area contributed by atoms with Crippen molar-refractivity contribution in [3.63, 3.8) is 0 Å². The summed E-state index contributed by atoms with van der Waals surface area (Å²) >= 11 is 0. The second-order valence-corrected chi connectivity index (χ2v) is 21.9. The van der Waals surface area contributed by atoms with Gasteiger partial charge >= 0.3 is 6.16 Å². The SMILES string of the molecule is CC[Si](CC)(CC)O[C@H]([C@H](C)COCc1ccc(OC)cc1)[C@H](O[Si](C)(C)C(C)(C)C)[C@]1(C)COC(=O)O1. The normalized spacial score (nSPS) is 21.0. The molecule has 0 saturated carbocycles. The van der Waals surface area contributed by atoms with E-state index in [-0.39, 0.29) is 23.7 Å². The number of cyclic esters (lactones) is 2. The molecule has 218 valence electrons. The van der Waals surface area contributed by atoms with Crippen molar-refractivity contribution in [3.05, 3.63) is 29.8 Å². The van der Waals surface area contributed by atoms with E-state index >= 15 is 0 Å². The lowest BCUT2D eigenvalue weighted by molar-refractivity contribution is -0.110. The molecule has 7 nitrogen and oxygen atoms in total. The molecule has 38 heavy (non-hydrogen) atoms. The molecule has 1 saturated heterocycles. The predicted molar refractivity (Wildman–Crippen MR) is 157 cm³/mol. The van der Waals surface area contributed by atoms with Gasteiger partial charge in [-0.25, -0.2) is 4.79 Å². The zero-order valence-electron chi connectivity index (χ0n) is 25.6. The first-order valence-electron chi connectivity index (χ1n) is 14.1. The van der Waals surface area contributed by atoms with E-state index in [9.17, 15) is 4.79 Å². The van der Waals surface area contributed by atoms with Crippen LogP contribution >= 0.6 is 0 Å². The van der Waals surface area contributed by atoms with Crippen LogP contribution in [0.3, 0.4) is 0 Å². The number of hydrogen-bond donors (Lipinski definition) is 0. The molecular weight excluding hydrogens is 516 g/mol. The Kier molecular flexibility index (Phi) is 11.5. The predicted octanol–water partition coefficient (Wildman–Crippen LogP) is 7.55. The molecule has 0 aromatic heterocycles. The Bertz CT molecular complexity index is 872. The van der Waals surface area contributed by atoms with Gasteiger partial charge in [0.25, 0.3) is 0 Å². The van der Waals surface area contributed by atoms with Crippen LogP contribution in [0.2, 0.25) is 36.3 Å². The van der Waals surface area contributed by atoms with Crippen LogP contribution in [0.1, 0.15) is 61.0 Å². The molecule has 0 radical (unpaired) electrons. The van der Waals surface area contributed by atoms with Crippen LogP contribution in [0, 0.1) is 5.92 Å². The smallest absolute Gasteiger partial charge is 0.497 e. The third-order valence-corrected chi connectivity index (χ3v) is 17.7. The summed E-state index contributed by atoms with van der Waals surface area (Å²) < 4.78 is 37.0. The van der Waals surface area contributed by atoms with Gasteiger partial charge in [0.05, 0.1) is 26.4 Å². The molecule has 1 aliphatic heterocycles. The monoisotopic (exact) mass is 568 g/mol. The van der Waals surface area contributed by atoms with Gasteiger partial charge in [0.15, 0.2) is 22.2 Å². The molecule has 1 aromatic carbocycles. The van der Waals surface area contributed by atoms with Gasteiger partial charge < -0.3 is 27.8 Å². The molecular formula is C29H52O7Si2. The minimum absolute atomic E-state index is 0.00401. The van der Waals surface area contributed by atoms with Crippen LogP contribution in [0.25, 0.3) is 0 Å². The number of benzene rings is 1. The lowest BCUT2D eigenvalue weighted by atomic mass is 9.89. The van der Waals surface area contributed by atoms with Crippen molar-refractivity contribution in [2.45, 2.75) is 116 Å². The molecule has 0 aliphatic carbocycles. The number of ether oxygens (including phenoxy) is 4. The van der Waals surface area contributed by atoms with Crippen molar-refractivity contribution in [2.24, 2.45) is 5.92 Å². The highest BCUT2D eigenvalue weighted by Gasteiger charge is 2.55. The Morgan fingerprint density at radius 1 is 1.03 bits per heavy atom. The molecule has 2 rings (SSSR count). The minimum Gasteiger partial charge on any atom is -0.497 e. The van der Waals surface area contributed by atoms with E-state index in [1.807, 2.05) is 31.2 Å². The fourth-order valence-corrected chi connectivity index (χ4v) is 8.87. The molecule has 1 aromatic rings. The first-order valence-corrected chi connectivity index (χ1v) is 19.5. The van der Waals surface area contributed by atoms with Gasteiger partial charge in [-0.15, -0.1) is 0 Å². The molecule has 0 amide bonds. The number of carbonyl (C=O) groups is 1. The Balaban J connectivity index is 2.41. The van der Waals surface area contributed by atoms with Crippen molar-refractivity contribution < 1.29 is 32.6 Å². The van der Waals surface area contributed by atoms with Crippen molar-refractivity contribution in [1.29, 1.82) is 0 Å². The fraction of sp³-hybridized carbons (Fsp3) is 0.759. The summed E-state index contributed by atoms with van der Waals surface area (Å²) in [5, 5.41) is -0.0292. The summed E-state index contributed by atoms with van der Waals surface area (Å²) in [6.07, 6.45) is -1.44. The van der Waals surface area contributed by atoms with E-state index in [4.69, 9.17) is 27.8 Å². The largest absolute Gasteiger partial charge is 0.509 e. The van der Waals surface area contributed by atoms with Crippen molar-refractivity contribution >= 4 is 22.8 Å². The molecule has 9 heteroatoms. The zero-order valence-corrected chi connectivity index (χ0v) is 27.6.